The number of nitrogens with two attached hydrogens (primary N) is 2. The minimum Gasteiger partial charge on any atom is -0.371 e. The van der Waals surface area contributed by atoms with Crippen LogP contribution in [-0.2, 0) is 33.8 Å². The van der Waals surface area contributed by atoms with Gasteiger partial charge in [-0.2, -0.15) is 0 Å². The number of carbonyl (C=O) groups excluding carboxylic acids is 5. The number of urea groups is 1. The number of nitrogens with one attached hydrogen (secondary N) is 2. The quantitative estimate of drug-likeness (QED) is 0.207. The third kappa shape index (κ3) is 11.0. The maximum absolute atomic E-state index is 14.7. The van der Waals surface area contributed by atoms with Gasteiger partial charge in [-0.1, -0.05) is 57.8 Å². The molecule has 2 unspecified atom stereocenters. The molecular formula is C37H64N5O8S+. The van der Waals surface area contributed by atoms with Crippen molar-refractivity contribution in [2.75, 3.05) is 12.3 Å². The number of amides is 5. The molecular weight excluding hydrogens is 675 g/mol. The second kappa shape index (κ2) is 16.6. The van der Waals surface area contributed by atoms with Crippen molar-refractivity contribution in [2.24, 2.45) is 17.6 Å². The molecule has 3 saturated carbocycles. The Balaban J connectivity index is 1.60. The highest BCUT2D eigenvalue weighted by Crippen LogP contribution is 2.34. The first-order valence-corrected chi connectivity index (χ1v) is 20.9. The largest absolute Gasteiger partial charge is 0.371 e. The SMILES string of the molecule is CC(C)(C)OC1C[C@@H](C(=O)[NH2+]C(CC2CCC2)C(=O)C(N)=O)N(C(=O)[C@@H](NC(=O)NC2(CS(=O)(=O)C(C)(C)C)CCCCC2)C2CCCCC2)C1. The Morgan fingerprint density at radius 1 is 0.902 bits per heavy atom. The fraction of sp³-hybridized carbons (Fsp3) is 0.865. The number of carbonyl (C=O) groups is 5. The van der Waals surface area contributed by atoms with Crippen LogP contribution in [0.1, 0.15) is 138 Å². The number of nitrogens with zero attached hydrogens (tertiary/aromatic N) is 1. The van der Waals surface area contributed by atoms with E-state index in [9.17, 15) is 32.4 Å². The summed E-state index contributed by atoms with van der Waals surface area (Å²) in [7, 11) is -3.57. The molecule has 4 rings (SSSR count). The molecule has 4 atom stereocenters. The van der Waals surface area contributed by atoms with E-state index in [2.05, 4.69) is 10.6 Å². The molecule has 290 valence electrons. The van der Waals surface area contributed by atoms with Crippen LogP contribution in [0, 0.1) is 11.8 Å². The summed E-state index contributed by atoms with van der Waals surface area (Å²) in [6.45, 7) is 10.8. The second-order valence-corrected chi connectivity index (χ2v) is 20.5. The Labute approximate surface area is 304 Å². The van der Waals surface area contributed by atoms with Crippen LogP contribution in [0.4, 0.5) is 4.79 Å². The first-order valence-electron chi connectivity index (χ1n) is 19.2. The van der Waals surface area contributed by atoms with Crippen LogP contribution in [-0.4, -0.2) is 95.3 Å². The number of quaternary nitrogens is 1. The van der Waals surface area contributed by atoms with Crippen molar-refractivity contribution in [1.29, 1.82) is 0 Å². The molecule has 3 aliphatic carbocycles. The van der Waals surface area contributed by atoms with Gasteiger partial charge in [0.25, 0.3) is 11.7 Å². The number of rotatable bonds is 13. The van der Waals surface area contributed by atoms with Crippen LogP contribution >= 0.6 is 0 Å². The van der Waals surface area contributed by atoms with E-state index >= 15 is 0 Å². The molecule has 0 spiro atoms. The van der Waals surface area contributed by atoms with Crippen LogP contribution in [0.2, 0.25) is 0 Å². The molecule has 13 nitrogen and oxygen atoms in total. The molecule has 4 fully saturated rings. The molecule has 0 aromatic carbocycles. The highest BCUT2D eigenvalue weighted by Gasteiger charge is 2.49. The summed E-state index contributed by atoms with van der Waals surface area (Å²) < 4.78 is 32.1. The first kappa shape index (κ1) is 41.2. The van der Waals surface area contributed by atoms with Crippen molar-refractivity contribution in [2.45, 2.75) is 178 Å². The summed E-state index contributed by atoms with van der Waals surface area (Å²) in [4.78, 5) is 69.0. The van der Waals surface area contributed by atoms with E-state index in [-0.39, 0.29) is 30.6 Å². The number of ketones is 1. The van der Waals surface area contributed by atoms with Crippen LogP contribution in [0.3, 0.4) is 0 Å². The van der Waals surface area contributed by atoms with Crippen molar-refractivity contribution in [3.05, 3.63) is 0 Å². The van der Waals surface area contributed by atoms with Crippen LogP contribution in [0.25, 0.3) is 0 Å². The fourth-order valence-electron chi connectivity index (χ4n) is 8.29. The highest BCUT2D eigenvalue weighted by molar-refractivity contribution is 7.92. The van der Waals surface area contributed by atoms with Crippen molar-refractivity contribution in [3.63, 3.8) is 0 Å². The van der Waals surface area contributed by atoms with Crippen molar-refractivity contribution in [1.82, 2.24) is 15.5 Å². The number of primary amides is 2. The van der Waals surface area contributed by atoms with Gasteiger partial charge in [-0.3, -0.25) is 19.7 Å². The Morgan fingerprint density at radius 3 is 2.04 bits per heavy atom. The summed E-state index contributed by atoms with van der Waals surface area (Å²) in [5.74, 6) is -2.88. The monoisotopic (exact) mass is 738 g/mol. The summed E-state index contributed by atoms with van der Waals surface area (Å²) in [5, 5.41) is 7.32. The van der Waals surface area contributed by atoms with Gasteiger partial charge in [-0.25, -0.2) is 18.0 Å². The Morgan fingerprint density at radius 2 is 1.51 bits per heavy atom. The molecule has 1 heterocycles. The predicted octanol–water partition coefficient (Wildman–Crippen LogP) is 2.64. The molecule has 4 aliphatic rings. The van der Waals surface area contributed by atoms with Gasteiger partial charge in [0.1, 0.15) is 12.1 Å². The van der Waals surface area contributed by atoms with E-state index in [1.807, 2.05) is 20.8 Å². The maximum atomic E-state index is 14.7. The van der Waals surface area contributed by atoms with Gasteiger partial charge >= 0.3 is 11.9 Å². The topological polar surface area (TPSA) is 199 Å². The lowest BCUT2D eigenvalue weighted by molar-refractivity contribution is -0.595. The number of likely N-dealkylation sites (tertiary alicyclic amines) is 1. The third-order valence-corrected chi connectivity index (χ3v) is 14.2. The number of hydrogen-bond acceptors (Lipinski definition) is 8. The molecule has 5 amide bonds. The van der Waals surface area contributed by atoms with Crippen molar-refractivity contribution in [3.8, 4) is 0 Å². The van der Waals surface area contributed by atoms with Gasteiger partial charge in [-0.15, -0.1) is 0 Å². The van der Waals surface area contributed by atoms with Gasteiger partial charge in [0.15, 0.2) is 15.9 Å². The number of hydrogen-bond donors (Lipinski definition) is 4. The Kier molecular flexibility index (Phi) is 13.4. The van der Waals surface area contributed by atoms with E-state index < -0.39 is 79.5 Å². The summed E-state index contributed by atoms with van der Waals surface area (Å²) in [6, 6.07) is -3.46. The predicted molar refractivity (Wildman–Crippen MR) is 193 cm³/mol. The lowest BCUT2D eigenvalue weighted by Crippen LogP contribution is -2.98. The number of sulfone groups is 1. The zero-order chi connectivity index (χ0) is 37.8. The van der Waals surface area contributed by atoms with E-state index in [1.165, 1.54) is 10.2 Å². The molecule has 0 aromatic rings. The van der Waals surface area contributed by atoms with Gasteiger partial charge < -0.3 is 26.0 Å². The van der Waals surface area contributed by atoms with E-state index in [1.54, 1.807) is 20.8 Å². The minimum absolute atomic E-state index is 0.123. The third-order valence-electron chi connectivity index (χ3n) is 11.4. The van der Waals surface area contributed by atoms with Gasteiger partial charge in [0.05, 0.1) is 27.7 Å². The molecule has 0 radical (unpaired) electrons. The molecule has 1 aliphatic heterocycles. The lowest BCUT2D eigenvalue weighted by atomic mass is 9.80. The number of ether oxygens (including phenoxy) is 1. The van der Waals surface area contributed by atoms with Gasteiger partial charge in [0.2, 0.25) is 5.91 Å². The maximum Gasteiger partial charge on any atom is 0.333 e. The van der Waals surface area contributed by atoms with Crippen molar-refractivity contribution < 1.29 is 42.4 Å². The van der Waals surface area contributed by atoms with E-state index in [4.69, 9.17) is 10.5 Å². The van der Waals surface area contributed by atoms with Crippen LogP contribution < -0.4 is 21.7 Å². The Hall–Kier alpha value is -2.58. The first-order chi connectivity index (χ1) is 23.7. The second-order valence-electron chi connectivity index (χ2n) is 17.7. The lowest BCUT2D eigenvalue weighted by Gasteiger charge is -2.40. The average molecular weight is 739 g/mol. The molecule has 6 N–H and O–H groups in total. The van der Waals surface area contributed by atoms with E-state index in [0.29, 0.717) is 19.3 Å². The molecule has 1 saturated heterocycles. The highest BCUT2D eigenvalue weighted by atomic mass is 32.2. The standard InChI is InChI=1S/C37H63N5O8S/c1-35(2,3)50-26-21-28(32(45)39-27(30(43)31(38)44)20-24-14-13-15-24)42(22-26)33(46)29(25-16-9-7-10-17-25)40-34(47)41-37(18-11-8-12-19-37)23-51(48,49)36(4,5)6/h24-29H,7-23H2,1-6H3,(H2,38,44)(H,39,45)(H2,40,41,47)/p+1/t26?,27?,28-,29-/m0/s1. The summed E-state index contributed by atoms with van der Waals surface area (Å²) >= 11 is 0. The zero-order valence-electron chi connectivity index (χ0n) is 31.8. The minimum atomic E-state index is -3.57. The molecule has 51 heavy (non-hydrogen) atoms. The fourth-order valence-corrected chi connectivity index (χ4v) is 9.81. The zero-order valence-corrected chi connectivity index (χ0v) is 32.6. The van der Waals surface area contributed by atoms with Gasteiger partial charge in [-0.05, 0) is 79.1 Å². The van der Waals surface area contributed by atoms with E-state index in [0.717, 1.165) is 70.6 Å². The summed E-state index contributed by atoms with van der Waals surface area (Å²) in [6.07, 6.45) is 10.8. The normalized spacial score (nSPS) is 24.6. The summed E-state index contributed by atoms with van der Waals surface area (Å²) in [5.41, 5.74) is 3.87. The Bertz CT molecular complexity index is 1390. The number of Topliss-reactive ketones (excluding diaryl/α,β-unsaturated/α-hetero) is 1. The molecule has 0 bridgehead atoms. The van der Waals surface area contributed by atoms with Crippen LogP contribution in [0.5, 0.6) is 0 Å². The van der Waals surface area contributed by atoms with Gasteiger partial charge in [0, 0.05) is 19.4 Å². The molecule has 14 heteroatoms. The van der Waals surface area contributed by atoms with Crippen LogP contribution in [0.15, 0.2) is 0 Å². The average Bonchev–Trinajstić information content (AvgIpc) is 3.42. The molecule has 0 aromatic heterocycles. The smallest absolute Gasteiger partial charge is 0.333 e. The van der Waals surface area contributed by atoms with Crippen molar-refractivity contribution >= 4 is 39.4 Å².